The first-order valence-electron chi connectivity index (χ1n) is 6.97. The molecule has 1 aromatic rings. The third-order valence-electron chi connectivity index (χ3n) is 2.71. The summed E-state index contributed by atoms with van der Waals surface area (Å²) in [4.78, 5) is 22.6. The number of hydrogen-bond donors (Lipinski definition) is 3. The maximum absolute atomic E-state index is 11.7. The van der Waals surface area contributed by atoms with Crippen molar-refractivity contribution in [1.82, 2.24) is 4.72 Å². The van der Waals surface area contributed by atoms with Crippen LogP contribution in [0.2, 0.25) is 0 Å². The van der Waals surface area contributed by atoms with Gasteiger partial charge in [-0.2, -0.15) is 0 Å². The molecule has 0 fully saturated rings. The van der Waals surface area contributed by atoms with E-state index in [0.29, 0.717) is 17.8 Å². The Hall–Kier alpha value is -1.93. The molecule has 0 spiro atoms. The predicted molar refractivity (Wildman–Crippen MR) is 86.1 cm³/mol. The normalized spacial score (nSPS) is 11.0. The second-order valence-electron chi connectivity index (χ2n) is 4.80. The fraction of sp³-hybridized carbons (Fsp3) is 0.429. The number of amides is 2. The SMILES string of the molecule is CCCCS(=O)(=O)NCC(=O)Nc1ccc(NC(C)=O)cc1. The van der Waals surface area contributed by atoms with E-state index >= 15 is 0 Å². The fourth-order valence-electron chi connectivity index (χ4n) is 1.63. The summed E-state index contributed by atoms with van der Waals surface area (Å²) < 4.78 is 25.4. The molecule has 1 rings (SSSR count). The van der Waals surface area contributed by atoms with Crippen LogP contribution in [-0.2, 0) is 19.6 Å². The van der Waals surface area contributed by atoms with Crippen molar-refractivity contribution in [2.45, 2.75) is 26.7 Å². The minimum atomic E-state index is -3.41. The van der Waals surface area contributed by atoms with Gasteiger partial charge in [0, 0.05) is 18.3 Å². The highest BCUT2D eigenvalue weighted by atomic mass is 32.2. The molecular weight excluding hydrogens is 306 g/mol. The van der Waals surface area contributed by atoms with Crippen molar-refractivity contribution in [1.29, 1.82) is 0 Å². The van der Waals surface area contributed by atoms with Crippen LogP contribution in [0.3, 0.4) is 0 Å². The van der Waals surface area contributed by atoms with E-state index in [1.54, 1.807) is 24.3 Å². The molecule has 122 valence electrons. The molecule has 0 atom stereocenters. The van der Waals surface area contributed by atoms with Gasteiger partial charge in [0.2, 0.25) is 21.8 Å². The number of sulfonamides is 1. The van der Waals surface area contributed by atoms with Gasteiger partial charge in [0.1, 0.15) is 0 Å². The molecule has 0 aliphatic heterocycles. The van der Waals surface area contributed by atoms with Gasteiger partial charge in [-0.1, -0.05) is 13.3 Å². The summed E-state index contributed by atoms with van der Waals surface area (Å²) in [6.07, 6.45) is 1.33. The zero-order chi connectivity index (χ0) is 16.6. The second-order valence-corrected chi connectivity index (χ2v) is 6.73. The van der Waals surface area contributed by atoms with Crippen LogP contribution in [0.15, 0.2) is 24.3 Å². The van der Waals surface area contributed by atoms with Crippen molar-refractivity contribution in [3.05, 3.63) is 24.3 Å². The molecule has 0 unspecified atom stereocenters. The molecule has 0 aliphatic rings. The van der Waals surface area contributed by atoms with Crippen molar-refractivity contribution in [3.8, 4) is 0 Å². The van der Waals surface area contributed by atoms with E-state index in [9.17, 15) is 18.0 Å². The molecule has 0 radical (unpaired) electrons. The van der Waals surface area contributed by atoms with Gasteiger partial charge in [-0.25, -0.2) is 13.1 Å². The highest BCUT2D eigenvalue weighted by Crippen LogP contribution is 2.13. The summed E-state index contributed by atoms with van der Waals surface area (Å²) in [6.45, 7) is 2.99. The number of unbranched alkanes of at least 4 members (excludes halogenated alkanes) is 1. The van der Waals surface area contributed by atoms with Gasteiger partial charge in [0.25, 0.3) is 0 Å². The Morgan fingerprint density at radius 2 is 1.59 bits per heavy atom. The lowest BCUT2D eigenvalue weighted by atomic mass is 10.2. The van der Waals surface area contributed by atoms with Crippen molar-refractivity contribution >= 4 is 33.2 Å². The fourth-order valence-corrected chi connectivity index (χ4v) is 2.79. The van der Waals surface area contributed by atoms with Crippen molar-refractivity contribution in [2.24, 2.45) is 0 Å². The number of hydrogen-bond acceptors (Lipinski definition) is 4. The van der Waals surface area contributed by atoms with Crippen LogP contribution < -0.4 is 15.4 Å². The summed E-state index contributed by atoms with van der Waals surface area (Å²) >= 11 is 0. The van der Waals surface area contributed by atoms with Gasteiger partial charge >= 0.3 is 0 Å². The molecular formula is C14H21N3O4S. The van der Waals surface area contributed by atoms with Crippen LogP contribution in [0, 0.1) is 0 Å². The Kier molecular flexibility index (Phi) is 7.00. The largest absolute Gasteiger partial charge is 0.326 e. The Morgan fingerprint density at radius 1 is 1.05 bits per heavy atom. The van der Waals surface area contributed by atoms with Crippen LogP contribution in [-0.4, -0.2) is 32.5 Å². The van der Waals surface area contributed by atoms with E-state index in [4.69, 9.17) is 0 Å². The molecule has 7 nitrogen and oxygen atoms in total. The standard InChI is InChI=1S/C14H21N3O4S/c1-3-4-9-22(20,21)15-10-14(19)17-13-7-5-12(6-8-13)16-11(2)18/h5-8,15H,3-4,9-10H2,1-2H3,(H,16,18)(H,17,19). The first-order chi connectivity index (χ1) is 10.3. The van der Waals surface area contributed by atoms with Crippen LogP contribution in [0.25, 0.3) is 0 Å². The summed E-state index contributed by atoms with van der Waals surface area (Å²) in [7, 11) is -3.41. The lowest BCUT2D eigenvalue weighted by Gasteiger charge is -2.08. The highest BCUT2D eigenvalue weighted by Gasteiger charge is 2.11. The van der Waals surface area contributed by atoms with Gasteiger partial charge < -0.3 is 10.6 Å². The number of rotatable bonds is 8. The molecule has 8 heteroatoms. The number of benzene rings is 1. The Balaban J connectivity index is 2.46. The van der Waals surface area contributed by atoms with Crippen LogP contribution in [0.4, 0.5) is 11.4 Å². The van der Waals surface area contributed by atoms with E-state index in [0.717, 1.165) is 6.42 Å². The van der Waals surface area contributed by atoms with E-state index in [1.807, 2.05) is 6.92 Å². The first kappa shape index (κ1) is 18.1. The third-order valence-corrected chi connectivity index (χ3v) is 4.12. The van der Waals surface area contributed by atoms with Gasteiger partial charge in [-0.15, -0.1) is 0 Å². The van der Waals surface area contributed by atoms with E-state index in [1.165, 1.54) is 6.92 Å². The summed E-state index contributed by atoms with van der Waals surface area (Å²) in [5, 5.41) is 5.18. The van der Waals surface area contributed by atoms with Crippen molar-refractivity contribution < 1.29 is 18.0 Å². The number of anilines is 2. The summed E-state index contributed by atoms with van der Waals surface area (Å²) in [5.41, 5.74) is 1.14. The Bertz CT molecular complexity index is 611. The van der Waals surface area contributed by atoms with E-state index in [-0.39, 0.29) is 18.2 Å². The Morgan fingerprint density at radius 3 is 2.09 bits per heavy atom. The number of carbonyl (C=O) groups excluding carboxylic acids is 2. The minimum absolute atomic E-state index is 0.0161. The van der Waals surface area contributed by atoms with Crippen LogP contribution in [0.5, 0.6) is 0 Å². The number of nitrogens with one attached hydrogen (secondary N) is 3. The van der Waals surface area contributed by atoms with Crippen molar-refractivity contribution in [3.63, 3.8) is 0 Å². The molecule has 0 heterocycles. The monoisotopic (exact) mass is 327 g/mol. The number of carbonyl (C=O) groups is 2. The molecule has 0 saturated heterocycles. The Labute approximate surface area is 130 Å². The third kappa shape index (κ3) is 7.19. The summed E-state index contributed by atoms with van der Waals surface area (Å²) in [5.74, 6) is -0.618. The topological polar surface area (TPSA) is 104 Å². The molecule has 22 heavy (non-hydrogen) atoms. The molecule has 2 amide bonds. The quantitative estimate of drug-likeness (QED) is 0.669. The minimum Gasteiger partial charge on any atom is -0.326 e. The predicted octanol–water partition coefficient (Wildman–Crippen LogP) is 1.30. The van der Waals surface area contributed by atoms with Gasteiger partial charge in [-0.3, -0.25) is 9.59 Å². The van der Waals surface area contributed by atoms with Gasteiger partial charge in [-0.05, 0) is 30.7 Å². The maximum Gasteiger partial charge on any atom is 0.239 e. The lowest BCUT2D eigenvalue weighted by molar-refractivity contribution is -0.115. The second kappa shape index (κ2) is 8.50. The van der Waals surface area contributed by atoms with Crippen LogP contribution in [0.1, 0.15) is 26.7 Å². The summed E-state index contributed by atoms with van der Waals surface area (Å²) in [6, 6.07) is 6.52. The maximum atomic E-state index is 11.7. The molecule has 0 bridgehead atoms. The highest BCUT2D eigenvalue weighted by molar-refractivity contribution is 7.89. The molecule has 0 aliphatic carbocycles. The van der Waals surface area contributed by atoms with Crippen molar-refractivity contribution in [2.75, 3.05) is 22.9 Å². The van der Waals surface area contributed by atoms with Gasteiger partial charge in [0.05, 0.1) is 12.3 Å². The molecule has 0 saturated carbocycles. The molecule has 3 N–H and O–H groups in total. The zero-order valence-electron chi connectivity index (χ0n) is 12.7. The van der Waals surface area contributed by atoms with E-state index in [2.05, 4.69) is 15.4 Å². The van der Waals surface area contributed by atoms with E-state index < -0.39 is 15.9 Å². The average Bonchev–Trinajstić information content (AvgIpc) is 2.45. The lowest BCUT2D eigenvalue weighted by Crippen LogP contribution is -2.34. The van der Waals surface area contributed by atoms with Crippen LogP contribution >= 0.6 is 0 Å². The molecule has 1 aromatic carbocycles. The smallest absolute Gasteiger partial charge is 0.239 e. The first-order valence-corrected chi connectivity index (χ1v) is 8.62. The van der Waals surface area contributed by atoms with Gasteiger partial charge in [0.15, 0.2) is 0 Å². The zero-order valence-corrected chi connectivity index (χ0v) is 13.5. The molecule has 0 aromatic heterocycles. The average molecular weight is 327 g/mol.